The van der Waals surface area contributed by atoms with Crippen molar-refractivity contribution in [1.82, 2.24) is 9.62 Å². The molecule has 2 rings (SSSR count). The molecule has 0 radical (unpaired) electrons. The van der Waals surface area contributed by atoms with Crippen molar-refractivity contribution in [3.8, 4) is 5.75 Å². The molecule has 0 spiro atoms. The number of hydrogen-bond donors (Lipinski definition) is 1. The Morgan fingerprint density at radius 2 is 1.80 bits per heavy atom. The Hall–Kier alpha value is -0.820. The Morgan fingerprint density at radius 1 is 1.20 bits per heavy atom. The number of sulfonamides is 1. The first kappa shape index (κ1) is 17.2. The van der Waals surface area contributed by atoms with Crippen LogP contribution in [0.2, 0.25) is 0 Å². The van der Waals surface area contributed by atoms with Crippen LogP contribution in [0.5, 0.6) is 5.75 Å². The van der Waals surface area contributed by atoms with E-state index in [2.05, 4.69) is 5.32 Å². The van der Waals surface area contributed by atoms with Crippen LogP contribution in [-0.4, -0.2) is 51.3 Å². The maximum atomic E-state index is 12.0. The maximum absolute atomic E-state index is 12.0. The summed E-state index contributed by atoms with van der Waals surface area (Å²) in [6, 6.07) is 7.60. The molecule has 1 fully saturated rings. The summed E-state index contributed by atoms with van der Waals surface area (Å²) >= 11 is 0. The lowest BCUT2D eigenvalue weighted by Gasteiger charge is -2.26. The zero-order chi connectivity index (χ0) is 13.7. The van der Waals surface area contributed by atoms with E-state index in [0.29, 0.717) is 18.8 Å². The van der Waals surface area contributed by atoms with Gasteiger partial charge >= 0.3 is 0 Å². The summed E-state index contributed by atoms with van der Waals surface area (Å²) in [5.41, 5.74) is 1.15. The van der Waals surface area contributed by atoms with Gasteiger partial charge in [-0.05, 0) is 19.1 Å². The molecule has 0 saturated carbocycles. The highest BCUT2D eigenvalue weighted by Gasteiger charge is 2.23. The van der Waals surface area contributed by atoms with Gasteiger partial charge < -0.3 is 10.1 Å². The zero-order valence-corrected chi connectivity index (χ0v) is 13.2. The molecule has 1 aromatic rings. The molecule has 0 bridgehead atoms. The second-order valence-electron chi connectivity index (χ2n) is 4.63. The van der Waals surface area contributed by atoms with Gasteiger partial charge in [-0.15, -0.1) is 12.4 Å². The molecule has 1 heterocycles. The smallest absolute Gasteiger partial charge is 0.217 e. The number of nitrogens with one attached hydrogen (secondary N) is 1. The van der Waals surface area contributed by atoms with E-state index in [-0.39, 0.29) is 24.8 Å². The summed E-state index contributed by atoms with van der Waals surface area (Å²) in [6.45, 7) is 4.73. The Kier molecular flexibility index (Phi) is 6.75. The summed E-state index contributed by atoms with van der Waals surface area (Å²) in [5.74, 6) is 0.738. The summed E-state index contributed by atoms with van der Waals surface area (Å²) in [7, 11) is -3.19. The first-order valence-electron chi connectivity index (χ1n) is 6.46. The normalized spacial score (nSPS) is 16.4. The lowest BCUT2D eigenvalue weighted by atomic mass is 10.2. The molecule has 1 aliphatic heterocycles. The third kappa shape index (κ3) is 4.94. The SMILES string of the molecule is Cc1ccc(OCCS(=O)(=O)N2CCNCC2)cc1.Cl. The van der Waals surface area contributed by atoms with Crippen molar-refractivity contribution in [2.75, 3.05) is 38.5 Å². The Morgan fingerprint density at radius 3 is 2.40 bits per heavy atom. The van der Waals surface area contributed by atoms with Crippen molar-refractivity contribution in [1.29, 1.82) is 0 Å². The summed E-state index contributed by atoms with van der Waals surface area (Å²) in [4.78, 5) is 0. The van der Waals surface area contributed by atoms with Crippen LogP contribution in [0.4, 0.5) is 0 Å². The van der Waals surface area contributed by atoms with Gasteiger partial charge in [0.2, 0.25) is 10.0 Å². The standard InChI is InChI=1S/C13H20N2O3S.ClH/c1-12-2-4-13(5-3-12)18-10-11-19(16,17)15-8-6-14-7-9-15;/h2-5,14H,6-11H2,1H3;1H. The van der Waals surface area contributed by atoms with Crippen LogP contribution in [0.3, 0.4) is 0 Å². The first-order chi connectivity index (χ1) is 9.08. The number of benzene rings is 1. The number of aryl methyl sites for hydroxylation is 1. The van der Waals surface area contributed by atoms with Crippen molar-refractivity contribution < 1.29 is 13.2 Å². The minimum absolute atomic E-state index is 0. The number of hydrogen-bond acceptors (Lipinski definition) is 4. The van der Waals surface area contributed by atoms with Crippen LogP contribution in [0.25, 0.3) is 0 Å². The van der Waals surface area contributed by atoms with E-state index < -0.39 is 10.0 Å². The number of ether oxygens (including phenoxy) is 1. The fourth-order valence-electron chi connectivity index (χ4n) is 1.95. The average molecular weight is 321 g/mol. The van der Waals surface area contributed by atoms with Gasteiger partial charge in [0.15, 0.2) is 0 Å². The van der Waals surface area contributed by atoms with Crippen LogP contribution in [0.15, 0.2) is 24.3 Å². The number of rotatable bonds is 5. The molecule has 20 heavy (non-hydrogen) atoms. The molecule has 7 heteroatoms. The number of halogens is 1. The van der Waals surface area contributed by atoms with Gasteiger partial charge in [0.25, 0.3) is 0 Å². The molecule has 0 atom stereocenters. The van der Waals surface area contributed by atoms with Crippen LogP contribution >= 0.6 is 12.4 Å². The van der Waals surface area contributed by atoms with Crippen LogP contribution in [-0.2, 0) is 10.0 Å². The third-order valence-corrected chi connectivity index (χ3v) is 4.93. The Balaban J connectivity index is 0.00000200. The molecule has 1 aromatic carbocycles. The molecule has 0 aromatic heterocycles. The number of piperazine rings is 1. The van der Waals surface area contributed by atoms with Gasteiger partial charge in [-0.25, -0.2) is 8.42 Å². The highest BCUT2D eigenvalue weighted by Crippen LogP contribution is 2.12. The van der Waals surface area contributed by atoms with Crippen LogP contribution < -0.4 is 10.1 Å². The van der Waals surface area contributed by atoms with Crippen LogP contribution in [0.1, 0.15) is 5.56 Å². The van der Waals surface area contributed by atoms with Crippen molar-refractivity contribution in [2.24, 2.45) is 0 Å². The van der Waals surface area contributed by atoms with E-state index in [1.54, 1.807) is 0 Å². The quantitative estimate of drug-likeness (QED) is 0.880. The lowest BCUT2D eigenvalue weighted by Crippen LogP contribution is -2.47. The van der Waals surface area contributed by atoms with Gasteiger partial charge in [-0.2, -0.15) is 4.31 Å². The van der Waals surface area contributed by atoms with Gasteiger partial charge in [-0.1, -0.05) is 17.7 Å². The topological polar surface area (TPSA) is 58.6 Å². The molecule has 0 aliphatic carbocycles. The molecule has 1 N–H and O–H groups in total. The van der Waals surface area contributed by atoms with E-state index in [9.17, 15) is 8.42 Å². The molecule has 0 unspecified atom stereocenters. The third-order valence-electron chi connectivity index (χ3n) is 3.10. The summed E-state index contributed by atoms with van der Waals surface area (Å²) < 4.78 is 31.1. The fraction of sp³-hybridized carbons (Fsp3) is 0.538. The zero-order valence-electron chi connectivity index (χ0n) is 11.5. The Labute approximate surface area is 126 Å². The van der Waals surface area contributed by atoms with E-state index in [1.165, 1.54) is 4.31 Å². The average Bonchev–Trinajstić information content (AvgIpc) is 2.42. The minimum Gasteiger partial charge on any atom is -0.492 e. The highest BCUT2D eigenvalue weighted by atomic mass is 35.5. The van der Waals surface area contributed by atoms with Crippen molar-refractivity contribution in [3.63, 3.8) is 0 Å². The summed E-state index contributed by atoms with van der Waals surface area (Å²) in [5, 5.41) is 3.14. The molecule has 5 nitrogen and oxygen atoms in total. The van der Waals surface area contributed by atoms with E-state index in [1.807, 2.05) is 31.2 Å². The van der Waals surface area contributed by atoms with Gasteiger partial charge in [0.05, 0.1) is 5.75 Å². The minimum atomic E-state index is -3.19. The predicted molar refractivity (Wildman–Crippen MR) is 82.2 cm³/mol. The maximum Gasteiger partial charge on any atom is 0.217 e. The van der Waals surface area contributed by atoms with E-state index >= 15 is 0 Å². The van der Waals surface area contributed by atoms with Crippen molar-refractivity contribution >= 4 is 22.4 Å². The Bertz CT molecular complexity index is 499. The molecule has 0 amide bonds. The predicted octanol–water partition coefficient (Wildman–Crippen LogP) is 1.03. The van der Waals surface area contributed by atoms with Crippen LogP contribution in [0, 0.1) is 6.92 Å². The van der Waals surface area contributed by atoms with Gasteiger partial charge in [0, 0.05) is 26.2 Å². The number of nitrogens with zero attached hydrogens (tertiary/aromatic N) is 1. The monoisotopic (exact) mass is 320 g/mol. The lowest BCUT2D eigenvalue weighted by molar-refractivity contribution is 0.326. The van der Waals surface area contributed by atoms with Crippen molar-refractivity contribution in [2.45, 2.75) is 6.92 Å². The first-order valence-corrected chi connectivity index (χ1v) is 8.07. The van der Waals surface area contributed by atoms with Gasteiger partial charge in [-0.3, -0.25) is 0 Å². The second kappa shape index (κ2) is 7.83. The van der Waals surface area contributed by atoms with E-state index in [4.69, 9.17) is 4.74 Å². The molecule has 114 valence electrons. The fourth-order valence-corrected chi connectivity index (χ4v) is 3.24. The van der Waals surface area contributed by atoms with Crippen molar-refractivity contribution in [3.05, 3.63) is 29.8 Å². The molecular formula is C13H21ClN2O3S. The molecule has 1 aliphatic rings. The summed E-state index contributed by atoms with van der Waals surface area (Å²) in [6.07, 6.45) is 0. The van der Waals surface area contributed by atoms with E-state index in [0.717, 1.165) is 18.7 Å². The van der Waals surface area contributed by atoms with Gasteiger partial charge in [0.1, 0.15) is 12.4 Å². The second-order valence-corrected chi connectivity index (χ2v) is 6.72. The largest absolute Gasteiger partial charge is 0.492 e. The molecular weight excluding hydrogens is 300 g/mol. The highest BCUT2D eigenvalue weighted by molar-refractivity contribution is 7.89. The molecule has 1 saturated heterocycles.